The summed E-state index contributed by atoms with van der Waals surface area (Å²) in [6, 6.07) is 2.25. The molecule has 0 spiro atoms. The molecule has 0 aliphatic rings. The fraction of sp³-hybridized carbons (Fsp3) is 0.462. The van der Waals surface area contributed by atoms with Gasteiger partial charge in [0, 0.05) is 0 Å². The van der Waals surface area contributed by atoms with Crippen molar-refractivity contribution < 1.29 is 34.7 Å². The normalized spacial score (nSPS) is 11.9. The number of carbonyl (C=O) groups is 1. The molecule has 0 heterocycles. The molecule has 1 aromatic rings. The van der Waals surface area contributed by atoms with Crippen molar-refractivity contribution in [3.63, 3.8) is 0 Å². The second kappa shape index (κ2) is 7.56. The van der Waals surface area contributed by atoms with E-state index in [-0.39, 0.29) is 24.5 Å². The molecule has 20 heavy (non-hydrogen) atoms. The number of aliphatic hydroxyl groups excluding tert-OH is 2. The second-order valence-corrected chi connectivity index (χ2v) is 4.13. The molecular weight excluding hydrogens is 268 g/mol. The topological polar surface area (TPSA) is 116 Å². The van der Waals surface area contributed by atoms with Crippen LogP contribution in [0.15, 0.2) is 12.1 Å². The van der Waals surface area contributed by atoms with Crippen LogP contribution >= 0.6 is 0 Å². The lowest BCUT2D eigenvalue weighted by Crippen LogP contribution is -2.21. The summed E-state index contributed by atoms with van der Waals surface area (Å²) in [6.45, 7) is 1.27. The zero-order chi connectivity index (χ0) is 15.1. The number of phenolic OH excluding ortho intramolecular Hbond substituents is 2. The predicted molar refractivity (Wildman–Crippen MR) is 68.9 cm³/mol. The van der Waals surface area contributed by atoms with Crippen LogP contribution in [0.4, 0.5) is 0 Å². The Hall–Kier alpha value is -1.99. The summed E-state index contributed by atoms with van der Waals surface area (Å²) < 4.78 is 9.94. The maximum atomic E-state index is 11.7. The summed E-state index contributed by atoms with van der Waals surface area (Å²) in [6.07, 6.45) is -0.478. The molecule has 1 rings (SSSR count). The van der Waals surface area contributed by atoms with Gasteiger partial charge in [0.05, 0.1) is 18.8 Å². The first-order chi connectivity index (χ1) is 9.49. The van der Waals surface area contributed by atoms with Crippen LogP contribution in [0.5, 0.6) is 17.2 Å². The van der Waals surface area contributed by atoms with Gasteiger partial charge in [0.1, 0.15) is 12.7 Å². The monoisotopic (exact) mass is 286 g/mol. The number of ether oxygens (including phenoxy) is 2. The van der Waals surface area contributed by atoms with E-state index in [1.54, 1.807) is 0 Å². The van der Waals surface area contributed by atoms with Gasteiger partial charge >= 0.3 is 5.97 Å². The number of phenols is 2. The lowest BCUT2D eigenvalue weighted by molar-refractivity contribution is 0.0495. The first-order valence-corrected chi connectivity index (χ1v) is 6.14. The largest absolute Gasteiger partial charge is 0.504 e. The minimum absolute atomic E-state index is 0.0160. The van der Waals surface area contributed by atoms with Crippen LogP contribution in [0.2, 0.25) is 0 Å². The highest BCUT2D eigenvalue weighted by molar-refractivity contribution is 5.91. The Labute approximate surface area is 116 Å². The minimum Gasteiger partial charge on any atom is -0.504 e. The minimum atomic E-state index is -1.13. The molecule has 0 saturated carbocycles. The van der Waals surface area contributed by atoms with Crippen molar-refractivity contribution in [1.29, 1.82) is 0 Å². The van der Waals surface area contributed by atoms with Gasteiger partial charge in [-0.1, -0.05) is 6.92 Å². The average Bonchev–Trinajstić information content (AvgIpc) is 2.45. The van der Waals surface area contributed by atoms with Gasteiger partial charge in [0.2, 0.25) is 5.75 Å². The van der Waals surface area contributed by atoms with Crippen molar-refractivity contribution in [1.82, 2.24) is 0 Å². The van der Waals surface area contributed by atoms with E-state index < -0.39 is 30.2 Å². The Balaban J connectivity index is 2.88. The highest BCUT2D eigenvalue weighted by Crippen LogP contribution is 2.36. The molecule has 0 saturated heterocycles. The number of hydrogen-bond acceptors (Lipinski definition) is 7. The van der Waals surface area contributed by atoms with Gasteiger partial charge < -0.3 is 29.9 Å². The molecule has 1 aromatic carbocycles. The van der Waals surface area contributed by atoms with Crippen LogP contribution in [0.25, 0.3) is 0 Å². The summed E-state index contributed by atoms with van der Waals surface area (Å²) in [5.41, 5.74) is 0.0160. The molecule has 0 aromatic heterocycles. The standard InChI is InChI=1S/C13H18O7/c1-2-3-19-13(18)8-4-10(16)12(17)11(5-8)20-7-9(15)6-14/h4-5,9,14-17H,2-3,6-7H2,1H3. The lowest BCUT2D eigenvalue weighted by atomic mass is 10.2. The molecular formula is C13H18O7. The van der Waals surface area contributed by atoms with Crippen LogP contribution in [0.3, 0.4) is 0 Å². The number of hydrogen-bond donors (Lipinski definition) is 4. The molecule has 0 amide bonds. The van der Waals surface area contributed by atoms with Crippen LogP contribution in [-0.2, 0) is 4.74 Å². The molecule has 0 aliphatic heterocycles. The number of esters is 1. The van der Waals surface area contributed by atoms with E-state index >= 15 is 0 Å². The Morgan fingerprint density at radius 2 is 2.05 bits per heavy atom. The van der Waals surface area contributed by atoms with Crippen LogP contribution < -0.4 is 4.74 Å². The molecule has 0 radical (unpaired) electrons. The zero-order valence-electron chi connectivity index (χ0n) is 11.1. The third-order valence-electron chi connectivity index (χ3n) is 2.37. The van der Waals surface area contributed by atoms with Gasteiger partial charge in [-0.25, -0.2) is 4.79 Å². The molecule has 0 aliphatic carbocycles. The summed E-state index contributed by atoms with van der Waals surface area (Å²) in [7, 11) is 0. The first kappa shape index (κ1) is 16.1. The van der Waals surface area contributed by atoms with E-state index in [4.69, 9.17) is 19.7 Å². The third kappa shape index (κ3) is 4.29. The van der Waals surface area contributed by atoms with Crippen molar-refractivity contribution in [2.75, 3.05) is 19.8 Å². The molecule has 7 nitrogen and oxygen atoms in total. The van der Waals surface area contributed by atoms with Crippen LogP contribution in [0.1, 0.15) is 23.7 Å². The summed E-state index contributed by atoms with van der Waals surface area (Å²) in [5, 5.41) is 36.9. The van der Waals surface area contributed by atoms with Gasteiger partial charge in [0.15, 0.2) is 11.5 Å². The lowest BCUT2D eigenvalue weighted by Gasteiger charge is -2.13. The van der Waals surface area contributed by atoms with Crippen LogP contribution in [-0.4, -0.2) is 52.3 Å². The maximum Gasteiger partial charge on any atom is 0.338 e. The number of rotatable bonds is 7. The predicted octanol–water partition coefficient (Wildman–Crippen LogP) is 0.397. The van der Waals surface area contributed by atoms with Crippen molar-refractivity contribution in [2.45, 2.75) is 19.4 Å². The second-order valence-electron chi connectivity index (χ2n) is 4.13. The molecule has 1 atom stereocenters. The summed E-state index contributed by atoms with van der Waals surface area (Å²) in [4.78, 5) is 11.7. The SMILES string of the molecule is CCCOC(=O)c1cc(O)c(O)c(OCC(O)CO)c1. The molecule has 0 bridgehead atoms. The van der Waals surface area contributed by atoms with E-state index in [0.29, 0.717) is 6.42 Å². The smallest absolute Gasteiger partial charge is 0.338 e. The number of aliphatic hydroxyl groups is 2. The van der Waals surface area contributed by atoms with E-state index in [2.05, 4.69) is 0 Å². The van der Waals surface area contributed by atoms with Crippen molar-refractivity contribution in [2.24, 2.45) is 0 Å². The van der Waals surface area contributed by atoms with Crippen molar-refractivity contribution >= 4 is 5.97 Å². The Morgan fingerprint density at radius 3 is 2.65 bits per heavy atom. The Kier molecular flexibility index (Phi) is 6.08. The molecule has 0 fully saturated rings. The fourth-order valence-electron chi connectivity index (χ4n) is 1.34. The molecule has 7 heteroatoms. The van der Waals surface area contributed by atoms with E-state index in [1.165, 1.54) is 6.07 Å². The highest BCUT2D eigenvalue weighted by atomic mass is 16.5. The molecule has 112 valence electrons. The van der Waals surface area contributed by atoms with Gasteiger partial charge in [-0.3, -0.25) is 0 Å². The Bertz CT molecular complexity index is 458. The first-order valence-electron chi connectivity index (χ1n) is 6.14. The molecule has 1 unspecified atom stereocenters. The van der Waals surface area contributed by atoms with Crippen LogP contribution in [0, 0.1) is 0 Å². The summed E-state index contributed by atoms with van der Waals surface area (Å²) >= 11 is 0. The van der Waals surface area contributed by atoms with Gasteiger partial charge in [-0.15, -0.1) is 0 Å². The maximum absolute atomic E-state index is 11.7. The molecule has 4 N–H and O–H groups in total. The number of carbonyl (C=O) groups excluding carboxylic acids is 1. The van der Waals surface area contributed by atoms with Gasteiger partial charge in [-0.05, 0) is 18.6 Å². The number of aromatic hydroxyl groups is 2. The average molecular weight is 286 g/mol. The summed E-state index contributed by atoms with van der Waals surface area (Å²) in [5.74, 6) is -1.93. The fourth-order valence-corrected chi connectivity index (χ4v) is 1.34. The van der Waals surface area contributed by atoms with E-state index in [0.717, 1.165) is 6.07 Å². The van der Waals surface area contributed by atoms with Crippen molar-refractivity contribution in [3.8, 4) is 17.2 Å². The Morgan fingerprint density at radius 1 is 1.35 bits per heavy atom. The number of benzene rings is 1. The van der Waals surface area contributed by atoms with Crippen molar-refractivity contribution in [3.05, 3.63) is 17.7 Å². The highest BCUT2D eigenvalue weighted by Gasteiger charge is 2.17. The third-order valence-corrected chi connectivity index (χ3v) is 2.37. The van der Waals surface area contributed by atoms with E-state index in [9.17, 15) is 15.0 Å². The van der Waals surface area contributed by atoms with E-state index in [1.807, 2.05) is 6.92 Å². The quantitative estimate of drug-likeness (QED) is 0.423. The van der Waals surface area contributed by atoms with Gasteiger partial charge in [-0.2, -0.15) is 0 Å². The van der Waals surface area contributed by atoms with Gasteiger partial charge in [0.25, 0.3) is 0 Å². The zero-order valence-corrected chi connectivity index (χ0v) is 11.1.